The molecular weight excluding hydrogens is 260 g/mol. The van der Waals surface area contributed by atoms with Gasteiger partial charge in [-0.3, -0.25) is 0 Å². The minimum atomic E-state index is 0.614. The lowest BCUT2D eigenvalue weighted by molar-refractivity contribution is 0.414. The molecule has 0 N–H and O–H groups in total. The molecule has 2 aromatic rings. The molecule has 0 saturated heterocycles. The number of hydrogen-bond donors (Lipinski definition) is 1. The van der Waals surface area contributed by atoms with Crippen molar-refractivity contribution in [2.75, 3.05) is 7.11 Å². The van der Waals surface area contributed by atoms with Gasteiger partial charge in [-0.25, -0.2) is 0 Å². The zero-order valence-electron chi connectivity index (χ0n) is 10.1. The minimum Gasteiger partial charge on any atom is -0.497 e. The Hall–Kier alpha value is -1.32. The van der Waals surface area contributed by atoms with Crippen LogP contribution in [0.4, 0.5) is 0 Å². The van der Waals surface area contributed by atoms with Gasteiger partial charge in [0.1, 0.15) is 5.75 Å². The summed E-state index contributed by atoms with van der Waals surface area (Å²) in [6.07, 6.45) is 0.827. The van der Waals surface area contributed by atoms with Gasteiger partial charge in [0, 0.05) is 5.56 Å². The van der Waals surface area contributed by atoms with Crippen LogP contribution in [-0.4, -0.2) is 11.3 Å². The van der Waals surface area contributed by atoms with Gasteiger partial charge in [0.05, 0.1) is 11.3 Å². The lowest BCUT2D eigenvalue weighted by Gasteiger charge is -2.10. The predicted molar refractivity (Wildman–Crippen MR) is 82.9 cm³/mol. The van der Waals surface area contributed by atoms with E-state index >= 15 is 0 Å². The number of ether oxygens (including phenoxy) is 1. The Morgan fingerprint density at radius 2 is 1.89 bits per heavy atom. The van der Waals surface area contributed by atoms with Crippen molar-refractivity contribution in [3.8, 4) is 5.75 Å². The Labute approximate surface area is 118 Å². The molecule has 0 aliphatic carbocycles. The maximum Gasteiger partial charge on any atom is 0.119 e. The molecule has 0 unspecified atom stereocenters. The number of thiocarbonyl (C=S) groups is 1. The molecule has 18 heavy (non-hydrogen) atoms. The van der Waals surface area contributed by atoms with E-state index in [1.165, 1.54) is 5.56 Å². The summed E-state index contributed by atoms with van der Waals surface area (Å²) in [7, 11) is 1.67. The minimum absolute atomic E-state index is 0.614. The average Bonchev–Trinajstić information content (AvgIpc) is 2.39. The van der Waals surface area contributed by atoms with Gasteiger partial charge in [0.25, 0.3) is 0 Å². The Morgan fingerprint density at radius 3 is 2.50 bits per heavy atom. The van der Waals surface area contributed by atoms with Gasteiger partial charge in [-0.2, -0.15) is 0 Å². The zero-order valence-corrected chi connectivity index (χ0v) is 11.8. The van der Waals surface area contributed by atoms with E-state index in [0.717, 1.165) is 23.3 Å². The monoisotopic (exact) mass is 274 g/mol. The second kappa shape index (κ2) is 6.03. The van der Waals surface area contributed by atoms with Gasteiger partial charge >= 0.3 is 0 Å². The van der Waals surface area contributed by atoms with E-state index in [-0.39, 0.29) is 0 Å². The van der Waals surface area contributed by atoms with Crippen molar-refractivity contribution in [2.24, 2.45) is 0 Å². The van der Waals surface area contributed by atoms with Crippen LogP contribution in [0.2, 0.25) is 0 Å². The van der Waals surface area contributed by atoms with Gasteiger partial charge in [-0.15, -0.1) is 12.6 Å². The van der Waals surface area contributed by atoms with Crippen molar-refractivity contribution >= 4 is 29.0 Å². The summed E-state index contributed by atoms with van der Waals surface area (Å²) in [5.74, 6) is 0.842. The molecule has 0 aromatic heterocycles. The van der Waals surface area contributed by atoms with Gasteiger partial charge in [-0.05, 0) is 35.7 Å². The molecular formula is C15H14OS2. The first kappa shape index (κ1) is 13.1. The molecule has 0 saturated carbocycles. The van der Waals surface area contributed by atoms with Crippen LogP contribution in [0.1, 0.15) is 16.7 Å². The van der Waals surface area contributed by atoms with Gasteiger partial charge in [0.2, 0.25) is 0 Å². The fourth-order valence-electron chi connectivity index (χ4n) is 1.87. The normalized spacial score (nSPS) is 10.1. The molecule has 0 atom stereocenters. The van der Waals surface area contributed by atoms with E-state index in [1.54, 1.807) is 7.11 Å². The number of rotatable bonds is 4. The van der Waals surface area contributed by atoms with Crippen molar-refractivity contribution in [3.63, 3.8) is 0 Å². The number of hydrogen-bond acceptors (Lipinski definition) is 2. The van der Waals surface area contributed by atoms with Crippen molar-refractivity contribution in [2.45, 2.75) is 6.42 Å². The van der Waals surface area contributed by atoms with E-state index in [4.69, 9.17) is 17.0 Å². The number of benzene rings is 2. The Kier molecular flexibility index (Phi) is 4.39. The molecule has 0 amide bonds. The molecule has 0 aliphatic rings. The molecule has 0 radical (unpaired) electrons. The predicted octanol–water partition coefficient (Wildman–Crippen LogP) is 3.89. The van der Waals surface area contributed by atoms with Crippen LogP contribution < -0.4 is 4.74 Å². The van der Waals surface area contributed by atoms with Crippen LogP contribution in [0.3, 0.4) is 0 Å². The van der Waals surface area contributed by atoms with Crippen LogP contribution in [0.15, 0.2) is 48.5 Å². The average molecular weight is 274 g/mol. The first-order valence-electron chi connectivity index (χ1n) is 5.65. The van der Waals surface area contributed by atoms with Crippen LogP contribution in [0, 0.1) is 0 Å². The molecule has 92 valence electrons. The largest absolute Gasteiger partial charge is 0.497 e. The van der Waals surface area contributed by atoms with Crippen molar-refractivity contribution in [1.29, 1.82) is 0 Å². The van der Waals surface area contributed by atoms with E-state index in [2.05, 4.69) is 24.8 Å². The first-order valence-corrected chi connectivity index (χ1v) is 6.50. The molecule has 0 aliphatic heterocycles. The second-order valence-corrected chi connectivity index (χ2v) is 5.15. The van der Waals surface area contributed by atoms with Crippen LogP contribution in [-0.2, 0) is 6.42 Å². The van der Waals surface area contributed by atoms with E-state index in [1.807, 2.05) is 36.4 Å². The van der Waals surface area contributed by atoms with E-state index in [0.29, 0.717) is 4.20 Å². The van der Waals surface area contributed by atoms with Crippen molar-refractivity contribution in [1.82, 2.24) is 0 Å². The van der Waals surface area contributed by atoms with Gasteiger partial charge in [-0.1, -0.05) is 42.5 Å². The highest BCUT2D eigenvalue weighted by atomic mass is 32.1. The summed E-state index contributed by atoms with van der Waals surface area (Å²) in [5.41, 5.74) is 3.38. The van der Waals surface area contributed by atoms with Crippen LogP contribution >= 0.6 is 24.8 Å². The fraction of sp³-hybridized carbons (Fsp3) is 0.133. The summed E-state index contributed by atoms with van der Waals surface area (Å²) in [6.45, 7) is 0. The highest BCUT2D eigenvalue weighted by Crippen LogP contribution is 2.22. The molecule has 2 aromatic carbocycles. The van der Waals surface area contributed by atoms with Crippen molar-refractivity contribution in [3.05, 3.63) is 65.2 Å². The van der Waals surface area contributed by atoms with Crippen molar-refractivity contribution < 1.29 is 4.74 Å². The second-order valence-electron chi connectivity index (χ2n) is 3.99. The molecule has 0 spiro atoms. The third-order valence-corrected chi connectivity index (χ3v) is 3.24. The molecule has 0 bridgehead atoms. The molecule has 1 nitrogen and oxygen atoms in total. The fourth-order valence-corrected chi connectivity index (χ4v) is 2.29. The SMILES string of the molecule is COc1ccc(C(=S)S)c(Cc2ccccc2)c1. The highest BCUT2D eigenvalue weighted by molar-refractivity contribution is 8.11. The summed E-state index contributed by atoms with van der Waals surface area (Å²) < 4.78 is 5.87. The number of methoxy groups -OCH3 is 1. The molecule has 2 rings (SSSR count). The maximum absolute atomic E-state index is 5.26. The molecule has 3 heteroatoms. The Morgan fingerprint density at radius 1 is 1.17 bits per heavy atom. The third kappa shape index (κ3) is 3.12. The summed E-state index contributed by atoms with van der Waals surface area (Å²) in [4.78, 5) is 0. The van der Waals surface area contributed by atoms with E-state index in [9.17, 15) is 0 Å². The topological polar surface area (TPSA) is 9.23 Å². The van der Waals surface area contributed by atoms with Crippen LogP contribution in [0.5, 0.6) is 5.75 Å². The Bertz CT molecular complexity index is 550. The standard InChI is InChI=1S/C15H14OS2/c1-16-13-7-8-14(15(17)18)12(10-13)9-11-5-3-2-4-6-11/h2-8,10H,9H2,1H3,(H,17,18). The zero-order chi connectivity index (χ0) is 13.0. The molecule has 0 fully saturated rings. The molecule has 0 heterocycles. The quantitative estimate of drug-likeness (QED) is 0.669. The van der Waals surface area contributed by atoms with Crippen LogP contribution in [0.25, 0.3) is 0 Å². The lowest BCUT2D eigenvalue weighted by Crippen LogP contribution is -1.99. The summed E-state index contributed by atoms with van der Waals surface area (Å²) in [5, 5.41) is 0. The lowest BCUT2D eigenvalue weighted by atomic mass is 10.0. The van der Waals surface area contributed by atoms with Gasteiger partial charge in [0.15, 0.2) is 0 Å². The highest BCUT2D eigenvalue weighted by Gasteiger charge is 2.07. The third-order valence-electron chi connectivity index (χ3n) is 2.78. The summed E-state index contributed by atoms with van der Waals surface area (Å²) in [6, 6.07) is 16.2. The van der Waals surface area contributed by atoms with Gasteiger partial charge < -0.3 is 4.74 Å². The first-order chi connectivity index (χ1) is 8.70. The Balaban J connectivity index is 2.38. The maximum atomic E-state index is 5.26. The smallest absolute Gasteiger partial charge is 0.119 e. The number of thiol groups is 1. The summed E-state index contributed by atoms with van der Waals surface area (Å²) >= 11 is 9.45. The van der Waals surface area contributed by atoms with E-state index < -0.39 is 0 Å².